The van der Waals surface area contributed by atoms with Gasteiger partial charge in [0.25, 0.3) is 0 Å². The van der Waals surface area contributed by atoms with E-state index in [1.165, 1.54) is 5.69 Å². The van der Waals surface area contributed by atoms with Gasteiger partial charge in [-0.2, -0.15) is 5.10 Å². The summed E-state index contributed by atoms with van der Waals surface area (Å²) in [6.07, 6.45) is 5.36. The smallest absolute Gasteiger partial charge is 0.152 e. The van der Waals surface area contributed by atoms with E-state index in [2.05, 4.69) is 46.1 Å². The fourth-order valence-corrected chi connectivity index (χ4v) is 5.45. The number of aryl methyl sites for hydroxylation is 1. The molecule has 0 amide bonds. The number of unbranched alkanes of at least 4 members (excludes halogenated alkanes) is 1. The van der Waals surface area contributed by atoms with Crippen molar-refractivity contribution in [3.05, 3.63) is 24.4 Å². The van der Waals surface area contributed by atoms with Gasteiger partial charge < -0.3 is 39.1 Å². The Bertz CT molecular complexity index is 1350. The highest BCUT2D eigenvalue weighted by Gasteiger charge is 2.19. The highest BCUT2D eigenvalue weighted by Crippen LogP contribution is 2.30. The van der Waals surface area contributed by atoms with Crippen LogP contribution in [0, 0.1) is 0 Å². The summed E-state index contributed by atoms with van der Waals surface area (Å²) in [4.78, 5) is 20.7. The number of anilines is 2. The zero-order valence-electron chi connectivity index (χ0n) is 29.0. The van der Waals surface area contributed by atoms with E-state index in [9.17, 15) is 4.79 Å². The van der Waals surface area contributed by atoms with Gasteiger partial charge in [0.15, 0.2) is 5.82 Å². The van der Waals surface area contributed by atoms with Gasteiger partial charge in [-0.15, -0.1) is 0 Å². The zero-order chi connectivity index (χ0) is 33.8. The molecule has 1 saturated heterocycles. The molecule has 1 aliphatic heterocycles. The standard InChI is InChI=1S/C35H56N6O7/c1-3-5-9-41-28-32-31-27-29(6-7-33(31)37-35(36)34(32)38-41)40-12-10-39(11-13-40)14-16-44-18-20-46-22-24-48-26-25-47-23-21-45-19-17-43-15-8-30(42)4-2/h6-7,27-28H,3-5,8-26H2,1-2H3,(H2,36,37). The topological polar surface area (TPSA) is 136 Å². The molecule has 0 saturated carbocycles. The lowest BCUT2D eigenvalue weighted by Gasteiger charge is -2.36. The fraction of sp³-hybridized carbons (Fsp3) is 0.686. The number of pyridine rings is 1. The minimum absolute atomic E-state index is 0.220. The van der Waals surface area contributed by atoms with E-state index in [1.54, 1.807) is 0 Å². The van der Waals surface area contributed by atoms with Crippen LogP contribution in [0.5, 0.6) is 0 Å². The number of carbonyl (C=O) groups excluding carboxylic acids is 1. The van der Waals surface area contributed by atoms with Crippen LogP contribution in [0.25, 0.3) is 21.8 Å². The van der Waals surface area contributed by atoms with Crippen molar-refractivity contribution in [3.63, 3.8) is 0 Å². The minimum Gasteiger partial charge on any atom is -0.382 e. The third-order valence-corrected chi connectivity index (χ3v) is 8.33. The van der Waals surface area contributed by atoms with Crippen molar-refractivity contribution < 1.29 is 33.2 Å². The van der Waals surface area contributed by atoms with Crippen LogP contribution in [0.2, 0.25) is 0 Å². The second kappa shape index (κ2) is 21.9. The number of hydrogen-bond acceptors (Lipinski definition) is 12. The van der Waals surface area contributed by atoms with Crippen molar-refractivity contribution in [2.45, 2.75) is 46.1 Å². The number of piperazine rings is 1. The lowest BCUT2D eigenvalue weighted by molar-refractivity contribution is -0.120. The molecule has 13 nitrogen and oxygen atoms in total. The Hall–Kier alpha value is -2.91. The van der Waals surface area contributed by atoms with Crippen LogP contribution >= 0.6 is 0 Å². The van der Waals surface area contributed by atoms with Crippen molar-refractivity contribution >= 4 is 39.1 Å². The molecule has 48 heavy (non-hydrogen) atoms. The van der Waals surface area contributed by atoms with Crippen LogP contribution in [0.3, 0.4) is 0 Å². The molecule has 0 bridgehead atoms. The van der Waals surface area contributed by atoms with E-state index < -0.39 is 0 Å². The quantitative estimate of drug-likeness (QED) is 0.125. The molecule has 1 fully saturated rings. The summed E-state index contributed by atoms with van der Waals surface area (Å²) >= 11 is 0. The van der Waals surface area contributed by atoms with Crippen molar-refractivity contribution in [2.75, 3.05) is 123 Å². The molecule has 0 atom stereocenters. The lowest BCUT2D eigenvalue weighted by Crippen LogP contribution is -2.47. The Kier molecular flexibility index (Phi) is 17.3. The Balaban J connectivity index is 0.973. The molecular weight excluding hydrogens is 616 g/mol. The molecular formula is C35H56N6O7. The first-order chi connectivity index (χ1) is 23.6. The number of ketones is 1. The summed E-state index contributed by atoms with van der Waals surface area (Å²) < 4.78 is 35.2. The third-order valence-electron chi connectivity index (χ3n) is 8.33. The van der Waals surface area contributed by atoms with Gasteiger partial charge in [0, 0.05) is 74.8 Å². The van der Waals surface area contributed by atoms with E-state index in [-0.39, 0.29) is 5.78 Å². The number of Topliss-reactive ketones (excluding diaryl/α,β-unsaturated/α-hetero) is 1. The Morgan fingerprint density at radius 1 is 0.750 bits per heavy atom. The number of ether oxygens (including phenoxy) is 6. The van der Waals surface area contributed by atoms with E-state index in [1.807, 2.05) is 11.6 Å². The summed E-state index contributed by atoms with van der Waals surface area (Å²) in [6, 6.07) is 6.47. The molecule has 1 aliphatic rings. The number of hydrogen-bond donors (Lipinski definition) is 1. The number of carbonyl (C=O) groups is 1. The number of benzene rings is 1. The van der Waals surface area contributed by atoms with E-state index >= 15 is 0 Å². The molecule has 0 aliphatic carbocycles. The number of aromatic nitrogens is 3. The molecule has 0 unspecified atom stereocenters. The van der Waals surface area contributed by atoms with Gasteiger partial charge in [-0.1, -0.05) is 20.3 Å². The molecule has 3 heterocycles. The highest BCUT2D eigenvalue weighted by atomic mass is 16.6. The van der Waals surface area contributed by atoms with Gasteiger partial charge in [0.1, 0.15) is 11.3 Å². The first-order valence-corrected chi connectivity index (χ1v) is 17.6. The average Bonchev–Trinajstić information content (AvgIpc) is 3.55. The second-order valence-corrected chi connectivity index (χ2v) is 11.9. The molecule has 0 radical (unpaired) electrons. The summed E-state index contributed by atoms with van der Waals surface area (Å²) in [7, 11) is 0. The Morgan fingerprint density at radius 3 is 1.92 bits per heavy atom. The molecule has 4 rings (SSSR count). The van der Waals surface area contributed by atoms with Crippen LogP contribution < -0.4 is 10.6 Å². The number of nitrogens with two attached hydrogens (primary N) is 1. The van der Waals surface area contributed by atoms with Crippen LogP contribution in [-0.4, -0.2) is 137 Å². The van der Waals surface area contributed by atoms with Crippen molar-refractivity contribution in [1.82, 2.24) is 19.7 Å². The van der Waals surface area contributed by atoms with Gasteiger partial charge >= 0.3 is 0 Å². The van der Waals surface area contributed by atoms with Crippen molar-refractivity contribution in [3.8, 4) is 0 Å². The molecule has 2 aromatic heterocycles. The average molecular weight is 673 g/mol. The first kappa shape index (κ1) is 37.9. The van der Waals surface area contributed by atoms with Crippen LogP contribution in [-0.2, 0) is 39.8 Å². The van der Waals surface area contributed by atoms with Gasteiger partial charge in [0.05, 0.1) is 84.8 Å². The normalized spacial score (nSPS) is 14.1. The van der Waals surface area contributed by atoms with Crippen molar-refractivity contribution in [2.24, 2.45) is 0 Å². The summed E-state index contributed by atoms with van der Waals surface area (Å²) in [5.74, 6) is 0.711. The molecule has 268 valence electrons. The van der Waals surface area contributed by atoms with Crippen LogP contribution in [0.4, 0.5) is 11.5 Å². The highest BCUT2D eigenvalue weighted by molar-refractivity contribution is 6.08. The summed E-state index contributed by atoms with van der Waals surface area (Å²) in [5.41, 5.74) is 9.16. The first-order valence-electron chi connectivity index (χ1n) is 17.6. The number of fused-ring (bicyclic) bond motifs is 3. The third kappa shape index (κ3) is 12.8. The SMILES string of the molecule is CCCCn1cc2c(n1)c(N)nc1ccc(N3CCN(CCOCCOCCOCCOCCOCCOCCC(=O)CC)CC3)cc12. The Morgan fingerprint density at radius 2 is 1.33 bits per heavy atom. The molecule has 2 N–H and O–H groups in total. The van der Waals surface area contributed by atoms with Gasteiger partial charge in [-0.3, -0.25) is 14.4 Å². The molecule has 3 aromatic rings. The maximum absolute atomic E-state index is 11.2. The van der Waals surface area contributed by atoms with Crippen LogP contribution in [0.15, 0.2) is 24.4 Å². The minimum atomic E-state index is 0.220. The second-order valence-electron chi connectivity index (χ2n) is 11.9. The fourth-order valence-electron chi connectivity index (χ4n) is 5.45. The summed E-state index contributed by atoms with van der Waals surface area (Å²) in [6.45, 7) is 16.1. The van der Waals surface area contributed by atoms with E-state index in [0.29, 0.717) is 97.9 Å². The number of nitrogen functional groups attached to an aromatic ring is 1. The van der Waals surface area contributed by atoms with E-state index in [0.717, 1.165) is 73.9 Å². The molecule has 13 heteroatoms. The summed E-state index contributed by atoms with van der Waals surface area (Å²) in [5, 5.41) is 6.89. The molecule has 1 aromatic carbocycles. The predicted molar refractivity (Wildman–Crippen MR) is 188 cm³/mol. The Labute approximate surface area is 284 Å². The molecule has 0 spiro atoms. The zero-order valence-corrected chi connectivity index (χ0v) is 29.0. The van der Waals surface area contributed by atoms with E-state index in [4.69, 9.17) is 39.3 Å². The maximum atomic E-state index is 11.2. The predicted octanol–water partition coefficient (Wildman–Crippen LogP) is 3.56. The van der Waals surface area contributed by atoms with Crippen molar-refractivity contribution in [1.29, 1.82) is 0 Å². The number of nitrogens with zero attached hydrogens (tertiary/aromatic N) is 5. The van der Waals surface area contributed by atoms with Gasteiger partial charge in [-0.25, -0.2) is 4.98 Å². The largest absolute Gasteiger partial charge is 0.382 e. The maximum Gasteiger partial charge on any atom is 0.152 e. The monoisotopic (exact) mass is 672 g/mol. The lowest BCUT2D eigenvalue weighted by atomic mass is 10.1. The van der Waals surface area contributed by atoms with Gasteiger partial charge in [0.2, 0.25) is 0 Å². The van der Waals surface area contributed by atoms with Gasteiger partial charge in [-0.05, 0) is 24.6 Å². The van der Waals surface area contributed by atoms with Crippen LogP contribution in [0.1, 0.15) is 39.5 Å². The number of rotatable bonds is 26.